The molecule has 1 aromatic rings. The third kappa shape index (κ3) is 3.13. The van der Waals surface area contributed by atoms with Crippen LogP contribution < -0.4 is 5.73 Å². The van der Waals surface area contributed by atoms with Gasteiger partial charge >= 0.3 is 0 Å². The molecular weight excluding hydrogens is 298 g/mol. The molecule has 0 radical (unpaired) electrons. The lowest BCUT2D eigenvalue weighted by Gasteiger charge is -2.50. The van der Waals surface area contributed by atoms with Crippen LogP contribution in [0.1, 0.15) is 24.8 Å². The van der Waals surface area contributed by atoms with E-state index in [4.69, 9.17) is 18.4 Å². The summed E-state index contributed by atoms with van der Waals surface area (Å²) in [4.78, 5) is 25.2. The van der Waals surface area contributed by atoms with Gasteiger partial charge in [0.15, 0.2) is 11.4 Å². The number of carbonyl (C=O) groups is 2. The molecule has 2 rings (SSSR count). The van der Waals surface area contributed by atoms with Crippen molar-refractivity contribution in [3.8, 4) is 0 Å². The zero-order valence-electron chi connectivity index (χ0n) is 13.1. The number of thiol groups is 1. The molecule has 1 aliphatic heterocycles. The Balaban J connectivity index is 2.32. The molecule has 0 bridgehead atoms. The molecule has 2 amide bonds. The molecule has 0 saturated carbocycles. The van der Waals surface area contributed by atoms with Gasteiger partial charge in [-0.05, 0) is 6.92 Å². The summed E-state index contributed by atoms with van der Waals surface area (Å²) in [6, 6.07) is 9.58. The number of nitrogens with zero attached hydrogens (tertiary/aromatic N) is 2. The van der Waals surface area contributed by atoms with Crippen LogP contribution in [0.5, 0.6) is 0 Å². The molecule has 0 aromatic heterocycles. The van der Waals surface area contributed by atoms with Gasteiger partial charge in [0.05, 0.1) is 26.2 Å². The second kappa shape index (κ2) is 6.71. The summed E-state index contributed by atoms with van der Waals surface area (Å²) >= 11 is 4.82. The number of primary amides is 1. The van der Waals surface area contributed by atoms with E-state index in [2.05, 4.69) is 0 Å². The highest BCUT2D eigenvalue weighted by atomic mass is 32.1. The van der Waals surface area contributed by atoms with Gasteiger partial charge in [-0.25, -0.2) is 0 Å². The van der Waals surface area contributed by atoms with Crippen molar-refractivity contribution in [3.05, 3.63) is 35.9 Å². The first-order chi connectivity index (χ1) is 10.4. The summed E-state index contributed by atoms with van der Waals surface area (Å²) < 4.78 is 0.478. The van der Waals surface area contributed by atoms with Crippen LogP contribution in [0.15, 0.2) is 30.3 Å². The van der Waals surface area contributed by atoms with E-state index >= 15 is 0 Å². The van der Waals surface area contributed by atoms with E-state index < -0.39 is 0 Å². The predicted octanol–water partition coefficient (Wildman–Crippen LogP) is 1.17. The summed E-state index contributed by atoms with van der Waals surface area (Å²) in [6.07, 6.45) is 0. The van der Waals surface area contributed by atoms with Gasteiger partial charge < -0.3 is 10.6 Å². The van der Waals surface area contributed by atoms with Gasteiger partial charge in [-0.15, -0.1) is 12.6 Å². The third-order valence-electron chi connectivity index (χ3n) is 4.79. The lowest BCUT2D eigenvalue weighted by Crippen LogP contribution is -2.67. The van der Waals surface area contributed by atoms with E-state index in [0.29, 0.717) is 30.7 Å². The van der Waals surface area contributed by atoms with Crippen molar-refractivity contribution >= 4 is 24.4 Å². The average Bonchev–Trinajstić information content (AvgIpc) is 2.54. The number of hydrogen-bond donors (Lipinski definition) is 2. The second-order valence-corrected chi connectivity index (χ2v) is 6.41. The molecule has 2 N–H and O–H groups in total. The molecule has 22 heavy (non-hydrogen) atoms. The molecular formula is C16H24N3O2S+. The maximum atomic E-state index is 11.8. The van der Waals surface area contributed by atoms with Crippen LogP contribution in [-0.2, 0) is 9.59 Å². The number of nitrogens with two attached hydrogens (primary N) is 1. The van der Waals surface area contributed by atoms with E-state index in [1.807, 2.05) is 42.2 Å². The smallest absolute Gasteiger partial charge is 0.275 e. The Labute approximate surface area is 137 Å². The molecule has 6 heteroatoms. The monoisotopic (exact) mass is 322 g/mol. The molecule has 2 atom stereocenters. The average molecular weight is 322 g/mol. The van der Waals surface area contributed by atoms with Crippen molar-refractivity contribution in [2.45, 2.75) is 25.3 Å². The lowest BCUT2D eigenvalue weighted by molar-refractivity contribution is -0.958. The number of hydrogen-bond acceptors (Lipinski definition) is 3. The normalized spacial score (nSPS) is 20.2. The standard InChI is InChI=1S/C16H23N3O2S/c1-12(15(17)21)19(10-8-18(9-11-19)13(2)20)16(22)14-6-4-3-5-7-14/h3-7,12,16H,8-11H2,1-2H3,(H2-,17,21,22)/p+1. The van der Waals surface area contributed by atoms with Crippen LogP contribution in [0.2, 0.25) is 0 Å². The minimum Gasteiger partial charge on any atom is -0.365 e. The fourth-order valence-electron chi connectivity index (χ4n) is 3.17. The Kier molecular flexibility index (Phi) is 5.13. The summed E-state index contributed by atoms with van der Waals surface area (Å²) in [5.74, 6) is -0.258. The van der Waals surface area contributed by atoms with Crippen LogP contribution in [0, 0.1) is 0 Å². The van der Waals surface area contributed by atoms with Gasteiger partial charge in [0.2, 0.25) is 5.91 Å². The maximum absolute atomic E-state index is 11.8. The summed E-state index contributed by atoms with van der Waals surface area (Å²) in [5, 5.41) is -0.141. The summed E-state index contributed by atoms with van der Waals surface area (Å²) in [5.41, 5.74) is 6.66. The molecule has 1 aliphatic rings. The Morgan fingerprint density at radius 1 is 1.23 bits per heavy atom. The number of benzene rings is 1. The molecule has 0 spiro atoms. The fourth-order valence-corrected chi connectivity index (χ4v) is 3.77. The van der Waals surface area contributed by atoms with E-state index in [1.165, 1.54) is 0 Å². The third-order valence-corrected chi connectivity index (χ3v) is 5.54. The summed E-state index contributed by atoms with van der Waals surface area (Å²) in [7, 11) is 0. The molecule has 1 saturated heterocycles. The largest absolute Gasteiger partial charge is 0.365 e. The maximum Gasteiger partial charge on any atom is 0.275 e. The van der Waals surface area contributed by atoms with Crippen molar-refractivity contribution in [2.75, 3.05) is 26.2 Å². The van der Waals surface area contributed by atoms with Crippen LogP contribution in [0.3, 0.4) is 0 Å². The molecule has 0 aliphatic carbocycles. The fraction of sp³-hybridized carbons (Fsp3) is 0.500. The number of quaternary nitrogens is 1. The predicted molar refractivity (Wildman–Crippen MR) is 89.1 cm³/mol. The molecule has 120 valence electrons. The Bertz CT molecular complexity index is 542. The van der Waals surface area contributed by atoms with E-state index in [1.54, 1.807) is 6.92 Å². The highest BCUT2D eigenvalue weighted by molar-refractivity contribution is 7.80. The zero-order valence-corrected chi connectivity index (χ0v) is 14.0. The van der Waals surface area contributed by atoms with Crippen LogP contribution in [0.4, 0.5) is 0 Å². The first kappa shape index (κ1) is 16.8. The summed E-state index contributed by atoms with van der Waals surface area (Å²) in [6.45, 7) is 6.03. The van der Waals surface area contributed by atoms with Crippen molar-refractivity contribution in [1.82, 2.24) is 4.90 Å². The van der Waals surface area contributed by atoms with Gasteiger partial charge in [-0.3, -0.25) is 14.1 Å². The van der Waals surface area contributed by atoms with Crippen LogP contribution >= 0.6 is 12.6 Å². The Morgan fingerprint density at radius 3 is 2.23 bits per heavy atom. The van der Waals surface area contributed by atoms with E-state index in [0.717, 1.165) is 5.56 Å². The van der Waals surface area contributed by atoms with Crippen LogP contribution in [0.25, 0.3) is 0 Å². The zero-order chi connectivity index (χ0) is 16.3. The van der Waals surface area contributed by atoms with Crippen molar-refractivity contribution in [2.24, 2.45) is 5.73 Å². The molecule has 1 heterocycles. The lowest BCUT2D eigenvalue weighted by atomic mass is 10.1. The number of rotatable bonds is 4. The Morgan fingerprint density at radius 2 is 1.77 bits per heavy atom. The van der Waals surface area contributed by atoms with Crippen LogP contribution in [-0.4, -0.2) is 53.4 Å². The topological polar surface area (TPSA) is 63.4 Å². The SMILES string of the molecule is CC(=O)N1CC[N+](C(C)C(N)=O)(C(S)c2ccccc2)CC1. The van der Waals surface area contributed by atoms with Crippen molar-refractivity contribution in [3.63, 3.8) is 0 Å². The molecule has 5 nitrogen and oxygen atoms in total. The molecule has 1 aromatic carbocycles. The second-order valence-electron chi connectivity index (χ2n) is 5.92. The first-order valence-corrected chi connectivity index (χ1v) is 8.04. The molecule has 2 unspecified atom stereocenters. The van der Waals surface area contributed by atoms with Crippen molar-refractivity contribution in [1.29, 1.82) is 0 Å². The van der Waals surface area contributed by atoms with Crippen molar-refractivity contribution < 1.29 is 14.1 Å². The number of amides is 2. The van der Waals surface area contributed by atoms with Gasteiger partial charge in [-0.1, -0.05) is 30.3 Å². The van der Waals surface area contributed by atoms with Gasteiger partial charge in [0.25, 0.3) is 5.91 Å². The van der Waals surface area contributed by atoms with E-state index in [-0.39, 0.29) is 23.2 Å². The first-order valence-electron chi connectivity index (χ1n) is 7.53. The highest BCUT2D eigenvalue weighted by Crippen LogP contribution is 2.36. The number of piperazine rings is 1. The highest BCUT2D eigenvalue weighted by Gasteiger charge is 2.46. The van der Waals surface area contributed by atoms with E-state index in [9.17, 15) is 9.59 Å². The van der Waals surface area contributed by atoms with Gasteiger partial charge in [0.1, 0.15) is 0 Å². The minimum atomic E-state index is -0.350. The number of carbonyl (C=O) groups excluding carboxylic acids is 2. The van der Waals surface area contributed by atoms with Gasteiger partial charge in [0, 0.05) is 12.5 Å². The minimum absolute atomic E-state index is 0.0694. The van der Waals surface area contributed by atoms with Gasteiger partial charge in [-0.2, -0.15) is 0 Å². The molecule has 1 fully saturated rings. The quantitative estimate of drug-likeness (QED) is 0.645. The Hall–Kier alpha value is -1.53.